The first-order chi connectivity index (χ1) is 10.2. The summed E-state index contributed by atoms with van der Waals surface area (Å²) in [6.45, 7) is 1.60. The fourth-order valence-corrected chi connectivity index (χ4v) is 2.63. The summed E-state index contributed by atoms with van der Waals surface area (Å²) in [7, 11) is 0. The summed E-state index contributed by atoms with van der Waals surface area (Å²) >= 11 is 0. The van der Waals surface area contributed by atoms with Gasteiger partial charge in [-0.3, -0.25) is 0 Å². The van der Waals surface area contributed by atoms with E-state index in [1.54, 1.807) is 4.68 Å². The van der Waals surface area contributed by atoms with Crippen molar-refractivity contribution in [1.29, 1.82) is 0 Å². The fourth-order valence-electron chi connectivity index (χ4n) is 2.63. The van der Waals surface area contributed by atoms with Crippen molar-refractivity contribution in [2.45, 2.75) is 38.8 Å². The molecule has 0 fully saturated rings. The van der Waals surface area contributed by atoms with Gasteiger partial charge in [0.05, 0.1) is 5.69 Å². The molecule has 0 bridgehead atoms. The number of rotatable bonds is 5. The van der Waals surface area contributed by atoms with E-state index >= 15 is 0 Å². The molecule has 0 aromatic carbocycles. The number of hydrogen-bond acceptors (Lipinski definition) is 6. The maximum Gasteiger partial charge on any atom is 0.358 e. The van der Waals surface area contributed by atoms with Gasteiger partial charge in [-0.1, -0.05) is 5.21 Å². The molecule has 1 aliphatic heterocycles. The Labute approximate surface area is 120 Å². The Kier molecular flexibility index (Phi) is 3.65. The van der Waals surface area contributed by atoms with Crippen molar-refractivity contribution in [1.82, 2.24) is 29.8 Å². The lowest BCUT2D eigenvalue weighted by Crippen LogP contribution is -2.18. The third kappa shape index (κ3) is 2.51. The Balaban J connectivity index is 1.91. The van der Waals surface area contributed by atoms with Crippen molar-refractivity contribution in [3.63, 3.8) is 0 Å². The number of aromatic carboxylic acids is 1. The van der Waals surface area contributed by atoms with Gasteiger partial charge in [-0.15, -0.1) is 15.3 Å². The van der Waals surface area contributed by atoms with E-state index in [0.29, 0.717) is 25.2 Å². The van der Waals surface area contributed by atoms with Crippen LogP contribution in [0.3, 0.4) is 0 Å². The summed E-state index contributed by atoms with van der Waals surface area (Å²) in [6, 6.07) is 0. The summed E-state index contributed by atoms with van der Waals surface area (Å²) < 4.78 is 3.64. The minimum absolute atomic E-state index is 0.0427. The average Bonchev–Trinajstić information content (AvgIpc) is 3.06. The number of aromatic nitrogens is 6. The van der Waals surface area contributed by atoms with Gasteiger partial charge >= 0.3 is 5.97 Å². The Hall–Kier alpha value is -2.29. The molecule has 3 N–H and O–H groups in total. The van der Waals surface area contributed by atoms with Crippen molar-refractivity contribution in [3.8, 4) is 0 Å². The SMILES string of the molecule is NCCc1c(C(=O)O)nnn1Cc1nnc2n1CCCC2. The number of carbonyl (C=O) groups is 1. The molecule has 3 heterocycles. The van der Waals surface area contributed by atoms with Crippen LogP contribution in [0.2, 0.25) is 0 Å². The molecule has 21 heavy (non-hydrogen) atoms. The smallest absolute Gasteiger partial charge is 0.358 e. The molecule has 0 unspecified atom stereocenters. The largest absolute Gasteiger partial charge is 0.476 e. The van der Waals surface area contributed by atoms with Crippen LogP contribution in [0.5, 0.6) is 0 Å². The van der Waals surface area contributed by atoms with E-state index < -0.39 is 5.97 Å². The van der Waals surface area contributed by atoms with Crippen molar-refractivity contribution >= 4 is 5.97 Å². The highest BCUT2D eigenvalue weighted by Crippen LogP contribution is 2.16. The van der Waals surface area contributed by atoms with Crippen LogP contribution in [-0.2, 0) is 25.9 Å². The van der Waals surface area contributed by atoms with Gasteiger partial charge in [0.25, 0.3) is 0 Å². The average molecular weight is 291 g/mol. The quantitative estimate of drug-likeness (QED) is 0.757. The standard InChI is InChI=1S/C12H17N7O2/c13-5-4-8-11(12(20)21)16-17-19(8)7-10-15-14-9-3-1-2-6-18(9)10/h1-7,13H2,(H,20,21). The molecular formula is C12H17N7O2. The highest BCUT2D eigenvalue weighted by atomic mass is 16.4. The first-order valence-corrected chi connectivity index (χ1v) is 6.97. The fraction of sp³-hybridized carbons (Fsp3) is 0.583. The minimum atomic E-state index is -1.09. The van der Waals surface area contributed by atoms with Crippen molar-refractivity contribution in [3.05, 3.63) is 23.0 Å². The molecule has 0 aliphatic carbocycles. The van der Waals surface area contributed by atoms with Gasteiger partial charge in [0.1, 0.15) is 12.4 Å². The lowest BCUT2D eigenvalue weighted by molar-refractivity contribution is 0.0689. The number of aryl methyl sites for hydroxylation is 1. The van der Waals surface area contributed by atoms with E-state index in [-0.39, 0.29) is 5.69 Å². The molecule has 3 rings (SSSR count). The van der Waals surface area contributed by atoms with Gasteiger partial charge in [-0.25, -0.2) is 9.48 Å². The minimum Gasteiger partial charge on any atom is -0.476 e. The van der Waals surface area contributed by atoms with E-state index in [2.05, 4.69) is 25.1 Å². The number of nitrogens with two attached hydrogens (primary N) is 1. The van der Waals surface area contributed by atoms with Gasteiger partial charge in [0, 0.05) is 19.4 Å². The second-order valence-electron chi connectivity index (χ2n) is 5.03. The third-order valence-corrected chi connectivity index (χ3v) is 3.65. The molecule has 2 aromatic rings. The van der Waals surface area contributed by atoms with Crippen molar-refractivity contribution in [2.75, 3.05) is 6.54 Å². The van der Waals surface area contributed by atoms with Crippen LogP contribution >= 0.6 is 0 Å². The monoisotopic (exact) mass is 291 g/mol. The van der Waals surface area contributed by atoms with Crippen molar-refractivity contribution < 1.29 is 9.90 Å². The van der Waals surface area contributed by atoms with E-state index in [1.165, 1.54) is 0 Å². The topological polar surface area (TPSA) is 125 Å². The molecule has 112 valence electrons. The molecule has 9 nitrogen and oxygen atoms in total. The molecule has 0 atom stereocenters. The molecule has 2 aromatic heterocycles. The van der Waals surface area contributed by atoms with Crippen LogP contribution < -0.4 is 5.73 Å². The molecule has 0 saturated carbocycles. The first-order valence-electron chi connectivity index (χ1n) is 6.97. The van der Waals surface area contributed by atoms with Crippen LogP contribution in [0.1, 0.15) is 40.7 Å². The molecule has 9 heteroatoms. The summed E-state index contributed by atoms with van der Waals surface area (Å²) in [4.78, 5) is 11.2. The number of carboxylic acids is 1. The van der Waals surface area contributed by atoms with E-state index in [4.69, 9.17) is 10.8 Å². The van der Waals surface area contributed by atoms with Gasteiger partial charge in [-0.2, -0.15) is 0 Å². The van der Waals surface area contributed by atoms with Crippen LogP contribution in [0, 0.1) is 0 Å². The van der Waals surface area contributed by atoms with Crippen LogP contribution in [0.25, 0.3) is 0 Å². The van der Waals surface area contributed by atoms with Crippen LogP contribution in [-0.4, -0.2) is 47.4 Å². The zero-order valence-electron chi connectivity index (χ0n) is 11.6. The maximum atomic E-state index is 11.2. The second kappa shape index (κ2) is 5.60. The van der Waals surface area contributed by atoms with E-state index in [9.17, 15) is 4.79 Å². The normalized spacial score (nSPS) is 14.1. The maximum absolute atomic E-state index is 11.2. The summed E-state index contributed by atoms with van der Waals surface area (Å²) in [6.07, 6.45) is 3.57. The zero-order chi connectivity index (χ0) is 14.8. The Morgan fingerprint density at radius 2 is 2.14 bits per heavy atom. The Bertz CT molecular complexity index is 661. The number of nitrogens with zero attached hydrogens (tertiary/aromatic N) is 6. The van der Waals surface area contributed by atoms with Gasteiger partial charge in [-0.05, 0) is 19.4 Å². The predicted molar refractivity (Wildman–Crippen MR) is 71.8 cm³/mol. The lowest BCUT2D eigenvalue weighted by atomic mass is 10.1. The molecule has 0 radical (unpaired) electrons. The summed E-state index contributed by atoms with van der Waals surface area (Å²) in [5.74, 6) is 0.674. The summed E-state index contributed by atoms with van der Waals surface area (Å²) in [5.41, 5.74) is 6.03. The van der Waals surface area contributed by atoms with E-state index in [0.717, 1.165) is 37.5 Å². The Morgan fingerprint density at radius 3 is 2.90 bits per heavy atom. The van der Waals surface area contributed by atoms with Gasteiger partial charge < -0.3 is 15.4 Å². The van der Waals surface area contributed by atoms with E-state index in [1.807, 2.05) is 0 Å². The van der Waals surface area contributed by atoms with Gasteiger partial charge in [0.2, 0.25) is 0 Å². The van der Waals surface area contributed by atoms with Gasteiger partial charge in [0.15, 0.2) is 11.5 Å². The number of carboxylic acid groups (broad SMARTS) is 1. The third-order valence-electron chi connectivity index (χ3n) is 3.65. The molecule has 1 aliphatic rings. The first kappa shape index (κ1) is 13.7. The number of fused-ring (bicyclic) bond motifs is 1. The van der Waals surface area contributed by atoms with Crippen molar-refractivity contribution in [2.24, 2.45) is 5.73 Å². The Morgan fingerprint density at radius 1 is 1.29 bits per heavy atom. The van der Waals surface area contributed by atoms with Crippen LogP contribution in [0.15, 0.2) is 0 Å². The predicted octanol–water partition coefficient (Wildman–Crippen LogP) is -0.546. The summed E-state index contributed by atoms with van der Waals surface area (Å²) in [5, 5.41) is 25.2. The highest BCUT2D eigenvalue weighted by molar-refractivity contribution is 5.86. The molecule has 0 spiro atoms. The zero-order valence-corrected chi connectivity index (χ0v) is 11.6. The highest BCUT2D eigenvalue weighted by Gasteiger charge is 2.21. The lowest BCUT2D eigenvalue weighted by Gasteiger charge is -2.15. The molecular weight excluding hydrogens is 274 g/mol. The second-order valence-corrected chi connectivity index (χ2v) is 5.03. The molecule has 0 saturated heterocycles. The van der Waals surface area contributed by atoms with Crippen LogP contribution in [0.4, 0.5) is 0 Å². The molecule has 0 amide bonds. The number of hydrogen-bond donors (Lipinski definition) is 2.